The molecule has 4 nitrogen and oxygen atoms in total. The molecule has 1 aliphatic heterocycles. The highest BCUT2D eigenvalue weighted by atomic mass is 16.7. The van der Waals surface area contributed by atoms with Gasteiger partial charge in [-0.25, -0.2) is 4.98 Å². The van der Waals surface area contributed by atoms with Crippen molar-refractivity contribution in [2.24, 2.45) is 0 Å². The molecule has 1 atom stereocenters. The van der Waals surface area contributed by atoms with E-state index in [-0.39, 0.29) is 0 Å². The molecule has 1 saturated heterocycles. The zero-order valence-electron chi connectivity index (χ0n) is 24.8. The Morgan fingerprint density at radius 1 is 0.605 bits per heavy atom. The lowest BCUT2D eigenvalue weighted by Gasteiger charge is -2.34. The van der Waals surface area contributed by atoms with Gasteiger partial charge in [-0.15, -0.1) is 0 Å². The molecule has 5 heteroatoms. The monoisotopic (exact) mass is 561 g/mol. The molecule has 2 heterocycles. The quantitative estimate of drug-likeness (QED) is 0.204. The van der Waals surface area contributed by atoms with Crippen LogP contribution < -0.4 is 5.46 Å². The summed E-state index contributed by atoms with van der Waals surface area (Å²) in [6.07, 6.45) is 0. The standard InChI is InChI=1S/C38H32BNO3/c1-36(2)37(3,4)43-39(42-36)31-21-13-20-30-34(31)28-18-11-12-19-29(28)38(30,26-16-9-6-10-17-26)27-22-23-32-33(24-27)41-35(40-32)25-14-7-5-8-15-25/h5-24H,1-4H3. The third kappa shape index (κ3) is 3.75. The van der Waals surface area contributed by atoms with E-state index in [0.29, 0.717) is 5.89 Å². The average Bonchev–Trinajstić information content (AvgIpc) is 3.65. The molecule has 0 radical (unpaired) electrons. The Bertz CT molecular complexity index is 1980. The average molecular weight is 561 g/mol. The Hall–Kier alpha value is -4.45. The van der Waals surface area contributed by atoms with Gasteiger partial charge in [0.15, 0.2) is 5.58 Å². The van der Waals surface area contributed by atoms with Crippen LogP contribution in [0.1, 0.15) is 49.9 Å². The summed E-state index contributed by atoms with van der Waals surface area (Å²) in [6, 6.07) is 42.6. The van der Waals surface area contributed by atoms with Crippen LogP contribution in [0.25, 0.3) is 33.7 Å². The van der Waals surface area contributed by atoms with Crippen molar-refractivity contribution in [2.75, 3.05) is 0 Å². The first-order chi connectivity index (χ1) is 20.8. The molecule has 1 unspecified atom stereocenters. The molecule has 0 amide bonds. The summed E-state index contributed by atoms with van der Waals surface area (Å²) in [5.41, 5.74) is 9.24. The zero-order chi connectivity index (χ0) is 29.4. The molecule has 0 N–H and O–H groups in total. The van der Waals surface area contributed by atoms with Gasteiger partial charge in [0.25, 0.3) is 0 Å². The summed E-state index contributed by atoms with van der Waals surface area (Å²) in [6.45, 7) is 8.42. The van der Waals surface area contributed by atoms with Gasteiger partial charge < -0.3 is 13.7 Å². The Kier molecular flexibility index (Phi) is 5.65. The Balaban J connectivity index is 1.40. The third-order valence-corrected chi connectivity index (χ3v) is 9.66. The van der Waals surface area contributed by atoms with Crippen LogP contribution in [0.2, 0.25) is 0 Å². The largest absolute Gasteiger partial charge is 0.495 e. The summed E-state index contributed by atoms with van der Waals surface area (Å²) >= 11 is 0. The molecule has 6 aromatic rings. The second-order valence-corrected chi connectivity index (χ2v) is 12.6. The van der Waals surface area contributed by atoms with Crippen LogP contribution in [0.5, 0.6) is 0 Å². The Morgan fingerprint density at radius 3 is 2.00 bits per heavy atom. The van der Waals surface area contributed by atoms with Gasteiger partial charge >= 0.3 is 7.12 Å². The lowest BCUT2D eigenvalue weighted by atomic mass is 9.66. The summed E-state index contributed by atoms with van der Waals surface area (Å²) in [7, 11) is -0.482. The molecule has 1 fully saturated rings. The van der Waals surface area contributed by atoms with E-state index < -0.39 is 23.7 Å². The summed E-state index contributed by atoms with van der Waals surface area (Å²) in [5.74, 6) is 0.622. The van der Waals surface area contributed by atoms with Crippen molar-refractivity contribution in [1.82, 2.24) is 4.98 Å². The molecule has 0 saturated carbocycles. The number of benzene rings is 5. The van der Waals surface area contributed by atoms with Crippen molar-refractivity contribution in [1.29, 1.82) is 0 Å². The Labute approximate surface area is 252 Å². The maximum absolute atomic E-state index is 6.63. The molecule has 5 aromatic carbocycles. The van der Waals surface area contributed by atoms with E-state index in [9.17, 15) is 0 Å². The fourth-order valence-electron chi connectivity index (χ4n) is 6.86. The molecule has 2 aliphatic rings. The van der Waals surface area contributed by atoms with Gasteiger partial charge in [-0.3, -0.25) is 0 Å². The van der Waals surface area contributed by atoms with Crippen LogP contribution >= 0.6 is 0 Å². The van der Waals surface area contributed by atoms with Crippen LogP contribution in [-0.4, -0.2) is 23.3 Å². The third-order valence-electron chi connectivity index (χ3n) is 9.66. The van der Waals surface area contributed by atoms with Crippen LogP contribution in [-0.2, 0) is 14.7 Å². The molecule has 0 bridgehead atoms. The number of aromatic nitrogens is 1. The highest BCUT2D eigenvalue weighted by molar-refractivity contribution is 6.64. The summed E-state index contributed by atoms with van der Waals surface area (Å²) in [4.78, 5) is 4.83. The predicted octanol–water partition coefficient (Wildman–Crippen LogP) is 8.16. The minimum absolute atomic E-state index is 0.442. The van der Waals surface area contributed by atoms with Crippen LogP contribution in [0.3, 0.4) is 0 Å². The molecule has 0 spiro atoms. The first-order valence-electron chi connectivity index (χ1n) is 14.9. The van der Waals surface area contributed by atoms with Gasteiger partial charge in [-0.1, -0.05) is 97.1 Å². The molecule has 210 valence electrons. The van der Waals surface area contributed by atoms with E-state index in [1.807, 2.05) is 30.3 Å². The van der Waals surface area contributed by atoms with Gasteiger partial charge in [0.2, 0.25) is 5.89 Å². The number of hydrogen-bond acceptors (Lipinski definition) is 4. The number of oxazole rings is 1. The fourth-order valence-corrected chi connectivity index (χ4v) is 6.86. The van der Waals surface area contributed by atoms with E-state index in [1.54, 1.807) is 0 Å². The van der Waals surface area contributed by atoms with Crippen molar-refractivity contribution in [3.63, 3.8) is 0 Å². The Morgan fingerprint density at radius 2 is 1.26 bits per heavy atom. The molecular weight excluding hydrogens is 529 g/mol. The molecule has 1 aromatic heterocycles. The van der Waals surface area contributed by atoms with E-state index >= 15 is 0 Å². The summed E-state index contributed by atoms with van der Waals surface area (Å²) < 4.78 is 19.7. The van der Waals surface area contributed by atoms with Gasteiger partial charge in [0.1, 0.15) is 5.52 Å². The molecule has 43 heavy (non-hydrogen) atoms. The maximum Gasteiger partial charge on any atom is 0.495 e. The predicted molar refractivity (Wildman–Crippen MR) is 172 cm³/mol. The maximum atomic E-state index is 6.63. The van der Waals surface area contributed by atoms with E-state index in [4.69, 9.17) is 18.7 Å². The first kappa shape index (κ1) is 26.2. The second kappa shape index (κ2) is 9.28. The van der Waals surface area contributed by atoms with Crippen molar-refractivity contribution >= 4 is 23.7 Å². The van der Waals surface area contributed by atoms with Crippen molar-refractivity contribution in [3.05, 3.63) is 144 Å². The minimum Gasteiger partial charge on any atom is -0.436 e. The molecule has 8 rings (SSSR count). The van der Waals surface area contributed by atoms with Crippen LogP contribution in [0.15, 0.2) is 126 Å². The van der Waals surface area contributed by atoms with E-state index in [1.165, 1.54) is 27.8 Å². The van der Waals surface area contributed by atoms with E-state index in [0.717, 1.165) is 27.7 Å². The number of nitrogens with zero attached hydrogens (tertiary/aromatic N) is 1. The van der Waals surface area contributed by atoms with Crippen LogP contribution in [0.4, 0.5) is 0 Å². The second-order valence-electron chi connectivity index (χ2n) is 12.6. The lowest BCUT2D eigenvalue weighted by Crippen LogP contribution is -2.41. The van der Waals surface area contributed by atoms with Crippen LogP contribution in [0, 0.1) is 0 Å². The fraction of sp³-hybridized carbons (Fsp3) is 0.184. The highest BCUT2D eigenvalue weighted by Gasteiger charge is 2.54. The summed E-state index contributed by atoms with van der Waals surface area (Å²) in [5, 5.41) is 0. The lowest BCUT2D eigenvalue weighted by molar-refractivity contribution is 0.00578. The normalized spacial score (nSPS) is 19.9. The van der Waals surface area contributed by atoms with Gasteiger partial charge in [0.05, 0.1) is 16.6 Å². The number of fused-ring (bicyclic) bond motifs is 4. The zero-order valence-corrected chi connectivity index (χ0v) is 24.8. The van der Waals surface area contributed by atoms with Gasteiger partial charge in [-0.2, -0.15) is 0 Å². The van der Waals surface area contributed by atoms with Crippen molar-refractivity contribution < 1.29 is 13.7 Å². The minimum atomic E-state index is -0.583. The smallest absolute Gasteiger partial charge is 0.436 e. The van der Waals surface area contributed by atoms with Crippen molar-refractivity contribution in [2.45, 2.75) is 44.3 Å². The van der Waals surface area contributed by atoms with E-state index in [2.05, 4.69) is 119 Å². The topological polar surface area (TPSA) is 44.5 Å². The molecular formula is C38H32BNO3. The van der Waals surface area contributed by atoms with Crippen molar-refractivity contribution in [3.8, 4) is 22.6 Å². The SMILES string of the molecule is CC1(C)OB(c2cccc3c2-c2ccccc2C3(c2ccccc2)c2ccc3nc(-c4ccccc4)oc3c2)OC1(C)C. The first-order valence-corrected chi connectivity index (χ1v) is 14.9. The number of rotatable bonds is 4. The van der Waals surface area contributed by atoms with Gasteiger partial charge in [-0.05, 0) is 90.8 Å². The number of hydrogen-bond donors (Lipinski definition) is 0. The van der Waals surface area contributed by atoms with Gasteiger partial charge in [0, 0.05) is 5.56 Å². The molecule has 1 aliphatic carbocycles. The highest BCUT2D eigenvalue weighted by Crippen LogP contribution is 2.56.